The van der Waals surface area contributed by atoms with Gasteiger partial charge in [-0.15, -0.1) is 0 Å². The Balaban J connectivity index is 3.70. The number of rotatable bonds is 13. The maximum Gasteiger partial charge on any atom is 0.306 e. The van der Waals surface area contributed by atoms with Crippen molar-refractivity contribution in [2.45, 2.75) is 32.6 Å². The SMILES string of the molecule is CC(=O)CCC(=O)OCCOC(=O)CCC(=O)NCC(=O)NCC(N)=O. The summed E-state index contributed by atoms with van der Waals surface area (Å²) in [6.45, 7) is 0.368. The predicted octanol–water partition coefficient (Wildman–Crippen LogP) is -2.06. The largest absolute Gasteiger partial charge is 0.462 e. The molecule has 0 bridgehead atoms. The van der Waals surface area contributed by atoms with Gasteiger partial charge in [-0.1, -0.05) is 0 Å². The predicted molar refractivity (Wildman–Crippen MR) is 86.3 cm³/mol. The van der Waals surface area contributed by atoms with Gasteiger partial charge in [-0.3, -0.25) is 24.0 Å². The van der Waals surface area contributed by atoms with Gasteiger partial charge in [-0.2, -0.15) is 0 Å². The molecule has 0 saturated carbocycles. The van der Waals surface area contributed by atoms with Crippen LogP contribution >= 0.6 is 0 Å². The van der Waals surface area contributed by atoms with Crippen molar-refractivity contribution < 1.29 is 38.2 Å². The summed E-state index contributed by atoms with van der Waals surface area (Å²) in [7, 11) is 0. The summed E-state index contributed by atoms with van der Waals surface area (Å²) in [6.07, 6.45) is -0.349. The zero-order valence-electron chi connectivity index (χ0n) is 14.5. The fourth-order valence-electron chi connectivity index (χ4n) is 1.46. The summed E-state index contributed by atoms with van der Waals surface area (Å²) in [5.41, 5.74) is 4.84. The van der Waals surface area contributed by atoms with Gasteiger partial charge in [-0.05, 0) is 6.92 Å². The number of esters is 2. The minimum Gasteiger partial charge on any atom is -0.462 e. The molecule has 4 N–H and O–H groups in total. The lowest BCUT2D eigenvalue weighted by molar-refractivity contribution is -0.152. The van der Waals surface area contributed by atoms with Crippen LogP contribution in [0.2, 0.25) is 0 Å². The number of carbonyl (C=O) groups is 6. The van der Waals surface area contributed by atoms with Crippen molar-refractivity contribution in [1.29, 1.82) is 0 Å². The molecule has 0 aromatic carbocycles. The highest BCUT2D eigenvalue weighted by atomic mass is 16.6. The molecule has 0 fully saturated rings. The van der Waals surface area contributed by atoms with Crippen molar-refractivity contribution in [2.24, 2.45) is 5.73 Å². The van der Waals surface area contributed by atoms with Gasteiger partial charge < -0.3 is 30.6 Å². The summed E-state index contributed by atoms with van der Waals surface area (Å²) in [6, 6.07) is 0. The lowest BCUT2D eigenvalue weighted by Gasteiger charge is -2.07. The standard InChI is InChI=1S/C15H23N3O8/c1-10(19)2-4-14(23)25-6-7-26-15(24)5-3-12(21)18-9-13(22)17-8-11(16)20/h2-9H2,1H3,(H2,16,20)(H,17,22)(H,18,21). The van der Waals surface area contributed by atoms with Gasteiger partial charge in [0.1, 0.15) is 19.0 Å². The summed E-state index contributed by atoms with van der Waals surface area (Å²) >= 11 is 0. The van der Waals surface area contributed by atoms with E-state index in [0.29, 0.717) is 0 Å². The van der Waals surface area contributed by atoms with E-state index in [1.165, 1.54) is 6.92 Å². The first-order valence-corrected chi connectivity index (χ1v) is 7.83. The van der Waals surface area contributed by atoms with Crippen molar-refractivity contribution in [1.82, 2.24) is 10.6 Å². The molecule has 0 spiro atoms. The van der Waals surface area contributed by atoms with Crippen molar-refractivity contribution >= 4 is 35.4 Å². The molecule has 146 valence electrons. The Bertz CT molecular complexity index is 547. The van der Waals surface area contributed by atoms with Crippen LogP contribution in [0.25, 0.3) is 0 Å². The second kappa shape index (κ2) is 13.3. The molecular formula is C15H23N3O8. The number of nitrogens with two attached hydrogens (primary N) is 1. The van der Waals surface area contributed by atoms with Crippen molar-refractivity contribution in [3.63, 3.8) is 0 Å². The number of ether oxygens (including phenoxy) is 2. The highest BCUT2D eigenvalue weighted by Crippen LogP contribution is 1.96. The number of primary amides is 1. The number of amides is 3. The molecule has 3 amide bonds. The van der Waals surface area contributed by atoms with Crippen LogP contribution in [0.1, 0.15) is 32.6 Å². The van der Waals surface area contributed by atoms with E-state index in [1.807, 2.05) is 0 Å². The van der Waals surface area contributed by atoms with Crippen LogP contribution in [-0.2, 0) is 38.2 Å². The number of hydrogen-bond acceptors (Lipinski definition) is 8. The highest BCUT2D eigenvalue weighted by molar-refractivity contribution is 5.88. The maximum atomic E-state index is 11.4. The molecule has 0 rings (SSSR count). The molecule has 0 aliphatic carbocycles. The molecule has 0 aromatic rings. The van der Waals surface area contributed by atoms with Crippen LogP contribution in [0, 0.1) is 0 Å². The van der Waals surface area contributed by atoms with Crippen molar-refractivity contribution in [3.8, 4) is 0 Å². The van der Waals surface area contributed by atoms with E-state index in [2.05, 4.69) is 10.6 Å². The van der Waals surface area contributed by atoms with E-state index < -0.39 is 29.7 Å². The monoisotopic (exact) mass is 373 g/mol. The molecule has 0 atom stereocenters. The van der Waals surface area contributed by atoms with Gasteiger partial charge in [0.05, 0.1) is 25.9 Å². The summed E-state index contributed by atoms with van der Waals surface area (Å²) in [5, 5.41) is 4.44. The lowest BCUT2D eigenvalue weighted by Crippen LogP contribution is -2.40. The van der Waals surface area contributed by atoms with Gasteiger partial charge in [-0.25, -0.2) is 0 Å². The van der Waals surface area contributed by atoms with Crippen LogP contribution < -0.4 is 16.4 Å². The van der Waals surface area contributed by atoms with Crippen LogP contribution in [0.3, 0.4) is 0 Å². The Labute approximate surface area is 149 Å². The van der Waals surface area contributed by atoms with Crippen molar-refractivity contribution in [3.05, 3.63) is 0 Å². The third-order valence-electron chi connectivity index (χ3n) is 2.75. The van der Waals surface area contributed by atoms with Crippen LogP contribution in [-0.4, -0.2) is 61.7 Å². The van der Waals surface area contributed by atoms with Crippen molar-refractivity contribution in [2.75, 3.05) is 26.3 Å². The van der Waals surface area contributed by atoms with E-state index in [9.17, 15) is 28.8 Å². The third-order valence-corrected chi connectivity index (χ3v) is 2.75. The molecule has 0 unspecified atom stereocenters. The zero-order valence-corrected chi connectivity index (χ0v) is 14.5. The van der Waals surface area contributed by atoms with E-state index >= 15 is 0 Å². The molecule has 0 aromatic heterocycles. The molecule has 0 aliphatic rings. The Morgan fingerprint density at radius 2 is 1.23 bits per heavy atom. The number of ketones is 1. The third kappa shape index (κ3) is 14.6. The molecule has 11 nitrogen and oxygen atoms in total. The number of carbonyl (C=O) groups excluding carboxylic acids is 6. The summed E-state index contributed by atoms with van der Waals surface area (Å²) in [5.74, 6) is -3.21. The second-order valence-electron chi connectivity index (χ2n) is 5.16. The minimum absolute atomic E-state index is 0.0313. The second-order valence-corrected chi connectivity index (χ2v) is 5.16. The molecule has 26 heavy (non-hydrogen) atoms. The number of nitrogens with one attached hydrogen (secondary N) is 2. The van der Waals surface area contributed by atoms with E-state index in [0.717, 1.165) is 0 Å². The average Bonchev–Trinajstić information content (AvgIpc) is 2.58. The van der Waals surface area contributed by atoms with Gasteiger partial charge in [0.2, 0.25) is 17.7 Å². The smallest absolute Gasteiger partial charge is 0.306 e. The molecule has 0 radical (unpaired) electrons. The Kier molecular flexibility index (Phi) is 11.8. The first kappa shape index (κ1) is 23.0. The molecule has 0 aliphatic heterocycles. The first-order valence-electron chi connectivity index (χ1n) is 7.83. The fourth-order valence-corrected chi connectivity index (χ4v) is 1.46. The minimum atomic E-state index is -0.711. The van der Waals surface area contributed by atoms with Crippen LogP contribution in [0.5, 0.6) is 0 Å². The Morgan fingerprint density at radius 3 is 1.73 bits per heavy atom. The van der Waals surface area contributed by atoms with Crippen LogP contribution in [0.15, 0.2) is 0 Å². The molecular weight excluding hydrogens is 350 g/mol. The Hall–Kier alpha value is -2.98. The Morgan fingerprint density at radius 1 is 0.731 bits per heavy atom. The molecule has 0 saturated heterocycles. The highest BCUT2D eigenvalue weighted by Gasteiger charge is 2.10. The molecule has 11 heteroatoms. The topological polar surface area (TPSA) is 171 Å². The number of hydrogen-bond donors (Lipinski definition) is 3. The molecule has 0 heterocycles. The zero-order chi connectivity index (χ0) is 19.9. The summed E-state index contributed by atoms with van der Waals surface area (Å²) < 4.78 is 9.51. The van der Waals surface area contributed by atoms with Crippen LogP contribution in [0.4, 0.5) is 0 Å². The summed E-state index contributed by atoms with van der Waals surface area (Å²) in [4.78, 5) is 66.4. The van der Waals surface area contributed by atoms with Gasteiger partial charge in [0.15, 0.2) is 0 Å². The lowest BCUT2D eigenvalue weighted by atomic mass is 10.2. The van der Waals surface area contributed by atoms with Gasteiger partial charge in [0.25, 0.3) is 0 Å². The van der Waals surface area contributed by atoms with Gasteiger partial charge >= 0.3 is 11.9 Å². The number of Topliss-reactive ketones (excluding diaryl/α,β-unsaturated/α-hetero) is 1. The average molecular weight is 373 g/mol. The quantitative estimate of drug-likeness (QED) is 0.244. The first-order chi connectivity index (χ1) is 12.2. The van der Waals surface area contributed by atoms with E-state index in [1.54, 1.807) is 0 Å². The van der Waals surface area contributed by atoms with E-state index in [-0.39, 0.29) is 57.8 Å². The normalized spacial score (nSPS) is 9.73. The maximum absolute atomic E-state index is 11.4. The fraction of sp³-hybridized carbons (Fsp3) is 0.600. The van der Waals surface area contributed by atoms with E-state index in [4.69, 9.17) is 15.2 Å². The van der Waals surface area contributed by atoms with Gasteiger partial charge in [0, 0.05) is 12.8 Å².